The molecule has 0 atom stereocenters. The molecule has 1 aromatic heterocycles. The Bertz CT molecular complexity index is 1060. The van der Waals surface area contributed by atoms with Gasteiger partial charge in [-0.2, -0.15) is 4.31 Å². The number of amides is 1. The highest BCUT2D eigenvalue weighted by Crippen LogP contribution is 2.27. The SMILES string of the molecule is C=CCn1c(SCC(=O)NCCC(C)C)nnc1-c1cccc(S(=O)(=O)N2CCOCC2)c1. The van der Waals surface area contributed by atoms with Crippen LogP contribution in [0.1, 0.15) is 20.3 Å². The lowest BCUT2D eigenvalue weighted by atomic mass is 10.1. The summed E-state index contributed by atoms with van der Waals surface area (Å²) in [5.74, 6) is 1.21. The number of aromatic nitrogens is 3. The van der Waals surface area contributed by atoms with Crippen molar-refractivity contribution >= 4 is 27.7 Å². The van der Waals surface area contributed by atoms with Crippen molar-refractivity contribution in [1.82, 2.24) is 24.4 Å². The summed E-state index contributed by atoms with van der Waals surface area (Å²) in [5.41, 5.74) is 0.631. The lowest BCUT2D eigenvalue weighted by molar-refractivity contribution is -0.118. The van der Waals surface area contributed by atoms with Crippen LogP contribution < -0.4 is 5.32 Å². The van der Waals surface area contributed by atoms with Gasteiger partial charge in [0.2, 0.25) is 15.9 Å². The van der Waals surface area contributed by atoms with E-state index >= 15 is 0 Å². The number of carbonyl (C=O) groups is 1. The largest absolute Gasteiger partial charge is 0.379 e. The molecule has 180 valence electrons. The number of nitrogens with zero attached hydrogens (tertiary/aromatic N) is 4. The molecule has 0 radical (unpaired) electrons. The Morgan fingerprint density at radius 1 is 1.30 bits per heavy atom. The zero-order valence-corrected chi connectivity index (χ0v) is 20.7. The molecule has 0 saturated carbocycles. The summed E-state index contributed by atoms with van der Waals surface area (Å²) in [6.07, 6.45) is 2.64. The van der Waals surface area contributed by atoms with Gasteiger partial charge in [0.25, 0.3) is 0 Å². The molecule has 1 aromatic carbocycles. The molecule has 0 bridgehead atoms. The van der Waals surface area contributed by atoms with Gasteiger partial charge in [-0.3, -0.25) is 9.36 Å². The number of nitrogens with one attached hydrogen (secondary N) is 1. The van der Waals surface area contributed by atoms with Gasteiger partial charge in [-0.05, 0) is 24.5 Å². The van der Waals surface area contributed by atoms with E-state index in [9.17, 15) is 13.2 Å². The van der Waals surface area contributed by atoms with Crippen molar-refractivity contribution in [2.75, 3.05) is 38.6 Å². The lowest BCUT2D eigenvalue weighted by Gasteiger charge is -2.26. The minimum absolute atomic E-state index is 0.0612. The first-order valence-electron chi connectivity index (χ1n) is 10.9. The van der Waals surface area contributed by atoms with Crippen molar-refractivity contribution in [2.45, 2.75) is 36.9 Å². The number of hydrogen-bond acceptors (Lipinski definition) is 7. The highest BCUT2D eigenvalue weighted by Gasteiger charge is 2.27. The Morgan fingerprint density at radius 3 is 2.76 bits per heavy atom. The predicted molar refractivity (Wildman–Crippen MR) is 128 cm³/mol. The fourth-order valence-electron chi connectivity index (χ4n) is 3.32. The van der Waals surface area contributed by atoms with Gasteiger partial charge >= 0.3 is 0 Å². The summed E-state index contributed by atoms with van der Waals surface area (Å²) < 4.78 is 34.7. The van der Waals surface area contributed by atoms with Crippen molar-refractivity contribution in [2.24, 2.45) is 5.92 Å². The van der Waals surface area contributed by atoms with Crippen molar-refractivity contribution in [3.8, 4) is 11.4 Å². The fourth-order valence-corrected chi connectivity index (χ4v) is 5.55. The highest BCUT2D eigenvalue weighted by molar-refractivity contribution is 7.99. The van der Waals surface area contributed by atoms with Gasteiger partial charge in [0.15, 0.2) is 11.0 Å². The van der Waals surface area contributed by atoms with E-state index in [0.29, 0.717) is 61.9 Å². The van der Waals surface area contributed by atoms with Crippen LogP contribution in [0.5, 0.6) is 0 Å². The maximum absolute atomic E-state index is 13.1. The number of carbonyl (C=O) groups excluding carboxylic acids is 1. The first kappa shape index (κ1) is 25.4. The second kappa shape index (κ2) is 11.8. The van der Waals surface area contributed by atoms with E-state index in [1.165, 1.54) is 16.1 Å². The minimum atomic E-state index is -3.63. The average Bonchev–Trinajstić information content (AvgIpc) is 3.21. The maximum atomic E-state index is 13.1. The Morgan fingerprint density at radius 2 is 2.06 bits per heavy atom. The number of rotatable bonds is 11. The van der Waals surface area contributed by atoms with Crippen LogP contribution in [-0.2, 0) is 26.1 Å². The first-order valence-corrected chi connectivity index (χ1v) is 13.4. The van der Waals surface area contributed by atoms with Crippen LogP contribution in [0.4, 0.5) is 0 Å². The van der Waals surface area contributed by atoms with Gasteiger partial charge in [0.05, 0.1) is 23.9 Å². The predicted octanol–water partition coefficient (Wildman–Crippen LogP) is 2.41. The molecule has 2 aromatic rings. The molecule has 0 aliphatic carbocycles. The summed E-state index contributed by atoms with van der Waals surface area (Å²) in [6, 6.07) is 6.70. The van der Waals surface area contributed by atoms with E-state index in [2.05, 4.69) is 35.9 Å². The van der Waals surface area contributed by atoms with Crippen molar-refractivity contribution in [1.29, 1.82) is 0 Å². The Kier molecular flexibility index (Phi) is 9.07. The molecule has 1 aliphatic heterocycles. The summed E-state index contributed by atoms with van der Waals surface area (Å²) in [6.45, 7) is 10.5. The van der Waals surface area contributed by atoms with Gasteiger partial charge in [0, 0.05) is 31.7 Å². The molecular formula is C22H31N5O4S2. The van der Waals surface area contributed by atoms with Gasteiger partial charge < -0.3 is 10.1 Å². The van der Waals surface area contributed by atoms with Crippen LogP contribution in [0, 0.1) is 5.92 Å². The standard InChI is InChI=1S/C22H31N5O4S2/c1-4-10-27-21(24-25-22(27)32-16-20(28)23-9-8-17(2)3)18-6-5-7-19(15-18)33(29,30)26-11-13-31-14-12-26/h4-7,15,17H,1,8-14,16H2,2-3H3,(H,23,28). The number of sulfonamides is 1. The third-order valence-corrected chi connectivity index (χ3v) is 7.97. The van der Waals surface area contributed by atoms with Crippen LogP contribution in [0.2, 0.25) is 0 Å². The highest BCUT2D eigenvalue weighted by atomic mass is 32.2. The quantitative estimate of drug-likeness (QED) is 0.378. The van der Waals surface area contributed by atoms with E-state index in [0.717, 1.165) is 6.42 Å². The topological polar surface area (TPSA) is 106 Å². The normalized spacial score (nSPS) is 15.0. The number of allylic oxidation sites excluding steroid dienone is 1. The summed E-state index contributed by atoms with van der Waals surface area (Å²) >= 11 is 1.29. The molecular weight excluding hydrogens is 462 g/mol. The van der Waals surface area contributed by atoms with E-state index in [1.807, 2.05) is 4.57 Å². The van der Waals surface area contributed by atoms with Gasteiger partial charge in [0.1, 0.15) is 0 Å². The maximum Gasteiger partial charge on any atom is 0.243 e. The molecule has 1 fully saturated rings. The van der Waals surface area contributed by atoms with Crippen LogP contribution in [0.15, 0.2) is 47.0 Å². The Hall–Kier alpha value is -2.21. The molecule has 1 N–H and O–H groups in total. The number of thioether (sulfide) groups is 1. The minimum Gasteiger partial charge on any atom is -0.379 e. The second-order valence-electron chi connectivity index (χ2n) is 8.07. The van der Waals surface area contributed by atoms with Gasteiger partial charge in [-0.25, -0.2) is 8.42 Å². The molecule has 33 heavy (non-hydrogen) atoms. The van der Waals surface area contributed by atoms with Crippen molar-refractivity contribution < 1.29 is 17.9 Å². The zero-order valence-electron chi connectivity index (χ0n) is 19.1. The van der Waals surface area contributed by atoms with Crippen LogP contribution >= 0.6 is 11.8 Å². The van der Waals surface area contributed by atoms with E-state index in [-0.39, 0.29) is 16.6 Å². The number of hydrogen-bond donors (Lipinski definition) is 1. The number of ether oxygens (including phenoxy) is 1. The van der Waals surface area contributed by atoms with Crippen molar-refractivity contribution in [3.05, 3.63) is 36.9 Å². The van der Waals surface area contributed by atoms with Crippen LogP contribution in [0.25, 0.3) is 11.4 Å². The molecule has 0 spiro atoms. The molecule has 0 unspecified atom stereocenters. The second-order valence-corrected chi connectivity index (χ2v) is 11.0. The molecule has 11 heteroatoms. The summed E-state index contributed by atoms with van der Waals surface area (Å²) in [7, 11) is -3.63. The third-order valence-electron chi connectivity index (χ3n) is 5.10. The van der Waals surface area contributed by atoms with Crippen molar-refractivity contribution in [3.63, 3.8) is 0 Å². The Labute approximate surface area is 199 Å². The van der Waals surface area contributed by atoms with E-state index in [1.54, 1.807) is 30.3 Å². The van der Waals surface area contributed by atoms with Crippen LogP contribution in [0.3, 0.4) is 0 Å². The average molecular weight is 494 g/mol. The number of morpholine rings is 1. The molecule has 2 heterocycles. The summed E-state index contributed by atoms with van der Waals surface area (Å²) in [5, 5.41) is 12.0. The smallest absolute Gasteiger partial charge is 0.243 e. The van der Waals surface area contributed by atoms with E-state index in [4.69, 9.17) is 4.74 Å². The zero-order chi connectivity index (χ0) is 23.8. The van der Waals surface area contributed by atoms with Crippen LogP contribution in [-0.4, -0.2) is 72.0 Å². The number of benzene rings is 1. The molecule has 1 amide bonds. The first-order chi connectivity index (χ1) is 15.8. The third kappa shape index (κ3) is 6.66. The summed E-state index contributed by atoms with van der Waals surface area (Å²) in [4.78, 5) is 12.4. The fraction of sp³-hybridized carbons (Fsp3) is 0.500. The van der Waals surface area contributed by atoms with Gasteiger partial charge in [-0.15, -0.1) is 16.8 Å². The molecule has 1 saturated heterocycles. The Balaban J connectivity index is 1.78. The van der Waals surface area contributed by atoms with Gasteiger partial charge in [-0.1, -0.05) is 43.8 Å². The van der Waals surface area contributed by atoms with E-state index < -0.39 is 10.0 Å². The molecule has 3 rings (SSSR count). The monoisotopic (exact) mass is 493 g/mol. The lowest BCUT2D eigenvalue weighted by Crippen LogP contribution is -2.40. The molecule has 1 aliphatic rings. The molecule has 9 nitrogen and oxygen atoms in total.